The van der Waals surface area contributed by atoms with Crippen molar-refractivity contribution in [3.63, 3.8) is 0 Å². The lowest BCUT2D eigenvalue weighted by atomic mass is 10.0. The molecule has 0 aliphatic carbocycles. The lowest BCUT2D eigenvalue weighted by molar-refractivity contribution is -0.144. The fraction of sp³-hybridized carbons (Fsp3) is 0.406. The minimum absolute atomic E-state index is 0.0483. The molecule has 2 heterocycles. The highest BCUT2D eigenvalue weighted by Crippen LogP contribution is 2.39. The monoisotopic (exact) mass is 661 g/mol. The van der Waals surface area contributed by atoms with Crippen LogP contribution in [0.1, 0.15) is 72.8 Å². The standard InChI is InChI=1S/C32H35ClF3N5O5/c1-17-14-22(8-11-26(17)46-27-15-18(2)39-40-30(27)44)29(43)38-20(4)31(45)41-24(19(3)37-28(42)12-13-32(34,35)36)9-10-25(41)21-6-5-7-23(33)16-21/h5-8,11,14-16,19-20,24-25H,9-10,12-13H2,1-4H3,(H,37,42)(H,38,43)(H,40,44)/t19?,20?,24-,25+/m1/s1. The molecule has 3 amide bonds. The van der Waals surface area contributed by atoms with Crippen LogP contribution in [-0.4, -0.2) is 57.1 Å². The van der Waals surface area contributed by atoms with Gasteiger partial charge >= 0.3 is 11.7 Å². The van der Waals surface area contributed by atoms with Crippen LogP contribution in [-0.2, 0) is 9.59 Å². The van der Waals surface area contributed by atoms with E-state index < -0.39 is 66.5 Å². The number of carbonyl (C=O) groups excluding carboxylic acids is 3. The van der Waals surface area contributed by atoms with Crippen molar-refractivity contribution in [3.8, 4) is 11.5 Å². The highest BCUT2D eigenvalue weighted by molar-refractivity contribution is 6.30. The second kappa shape index (κ2) is 14.4. The normalized spacial score (nSPS) is 17.7. The number of nitrogens with zero attached hydrogens (tertiary/aromatic N) is 2. The fourth-order valence-corrected chi connectivity index (χ4v) is 5.71. The third kappa shape index (κ3) is 8.65. The maximum Gasteiger partial charge on any atom is 0.389 e. The summed E-state index contributed by atoms with van der Waals surface area (Å²) >= 11 is 6.23. The average Bonchev–Trinajstić information content (AvgIpc) is 3.43. The number of hydrogen-bond donors (Lipinski definition) is 3. The highest BCUT2D eigenvalue weighted by atomic mass is 35.5. The predicted molar refractivity (Wildman–Crippen MR) is 165 cm³/mol. The molecule has 4 rings (SSSR count). The Morgan fingerprint density at radius 1 is 1.07 bits per heavy atom. The van der Waals surface area contributed by atoms with E-state index in [4.69, 9.17) is 16.3 Å². The molecule has 246 valence electrons. The van der Waals surface area contributed by atoms with Gasteiger partial charge in [-0.1, -0.05) is 23.7 Å². The number of aromatic amines is 1. The van der Waals surface area contributed by atoms with Crippen molar-refractivity contribution >= 4 is 29.3 Å². The summed E-state index contributed by atoms with van der Waals surface area (Å²) in [4.78, 5) is 53.2. The van der Waals surface area contributed by atoms with Gasteiger partial charge in [-0.15, -0.1) is 0 Å². The summed E-state index contributed by atoms with van der Waals surface area (Å²) in [5.41, 5.74) is 1.62. The summed E-state index contributed by atoms with van der Waals surface area (Å²) in [5, 5.41) is 12.0. The zero-order valence-electron chi connectivity index (χ0n) is 25.7. The molecule has 1 aromatic heterocycles. The number of aromatic nitrogens is 2. The van der Waals surface area contributed by atoms with Gasteiger partial charge in [-0.3, -0.25) is 19.2 Å². The molecule has 1 saturated heterocycles. The number of nitrogens with one attached hydrogen (secondary N) is 3. The number of ether oxygens (including phenoxy) is 1. The number of hydrogen-bond acceptors (Lipinski definition) is 6. The van der Waals surface area contributed by atoms with E-state index >= 15 is 0 Å². The molecule has 2 unspecified atom stereocenters. The number of likely N-dealkylation sites (tertiary alicyclic amines) is 1. The summed E-state index contributed by atoms with van der Waals surface area (Å²) in [6.45, 7) is 6.59. The van der Waals surface area contributed by atoms with Gasteiger partial charge in [0, 0.05) is 29.1 Å². The number of alkyl halides is 3. The van der Waals surface area contributed by atoms with Crippen molar-refractivity contribution in [1.82, 2.24) is 25.7 Å². The summed E-state index contributed by atoms with van der Waals surface area (Å²) in [6.07, 6.45) is -5.46. The van der Waals surface area contributed by atoms with E-state index in [0.29, 0.717) is 34.9 Å². The van der Waals surface area contributed by atoms with E-state index in [1.54, 1.807) is 62.9 Å². The third-order valence-corrected chi connectivity index (χ3v) is 8.03. The van der Waals surface area contributed by atoms with Gasteiger partial charge in [-0.05, 0) is 82.0 Å². The minimum atomic E-state index is -4.47. The van der Waals surface area contributed by atoms with Gasteiger partial charge in [0.15, 0.2) is 5.75 Å². The Hall–Kier alpha value is -4.39. The predicted octanol–water partition coefficient (Wildman–Crippen LogP) is 5.53. The van der Waals surface area contributed by atoms with Crippen molar-refractivity contribution in [2.75, 3.05) is 0 Å². The first kappa shape index (κ1) is 34.5. The first-order chi connectivity index (χ1) is 21.6. The van der Waals surface area contributed by atoms with Crippen LogP contribution < -0.4 is 20.9 Å². The lowest BCUT2D eigenvalue weighted by Gasteiger charge is -2.36. The van der Waals surface area contributed by atoms with Crippen LogP contribution in [0.5, 0.6) is 11.5 Å². The van der Waals surface area contributed by atoms with E-state index in [0.717, 1.165) is 5.56 Å². The molecule has 0 bridgehead atoms. The summed E-state index contributed by atoms with van der Waals surface area (Å²) in [5.74, 6) is -1.33. The lowest BCUT2D eigenvalue weighted by Crippen LogP contribution is -2.54. The number of halogens is 4. The second-order valence-electron chi connectivity index (χ2n) is 11.4. The largest absolute Gasteiger partial charge is 0.451 e. The van der Waals surface area contributed by atoms with Gasteiger partial charge in [0.25, 0.3) is 5.91 Å². The molecule has 2 aromatic carbocycles. The van der Waals surface area contributed by atoms with E-state index in [-0.39, 0.29) is 11.3 Å². The molecular formula is C32H35ClF3N5O5. The molecule has 46 heavy (non-hydrogen) atoms. The van der Waals surface area contributed by atoms with E-state index in [1.165, 1.54) is 12.1 Å². The second-order valence-corrected chi connectivity index (χ2v) is 11.8. The van der Waals surface area contributed by atoms with Crippen molar-refractivity contribution < 1.29 is 32.3 Å². The Labute approximate surface area is 268 Å². The first-order valence-corrected chi connectivity index (χ1v) is 15.1. The molecule has 10 nitrogen and oxygen atoms in total. The van der Waals surface area contributed by atoms with Crippen LogP contribution in [0.3, 0.4) is 0 Å². The Morgan fingerprint density at radius 3 is 2.48 bits per heavy atom. The van der Waals surface area contributed by atoms with Crippen molar-refractivity contribution in [2.24, 2.45) is 0 Å². The van der Waals surface area contributed by atoms with Crippen LogP contribution in [0.2, 0.25) is 5.02 Å². The minimum Gasteiger partial charge on any atom is -0.451 e. The van der Waals surface area contributed by atoms with Crippen molar-refractivity contribution in [1.29, 1.82) is 0 Å². The maximum atomic E-state index is 14.0. The van der Waals surface area contributed by atoms with Crippen LogP contribution in [0, 0.1) is 13.8 Å². The van der Waals surface area contributed by atoms with E-state index in [1.807, 2.05) is 6.07 Å². The SMILES string of the molecule is Cc1cc(Oc2ccc(C(=O)NC(C)C(=O)N3[C@@H](C(C)NC(=O)CCC(F)(F)F)CC[C@H]3c3cccc(Cl)c3)cc2C)c(=O)[nH]n1. The molecular weight excluding hydrogens is 627 g/mol. The molecule has 1 aliphatic rings. The van der Waals surface area contributed by atoms with Gasteiger partial charge in [0.05, 0.1) is 24.2 Å². The maximum absolute atomic E-state index is 14.0. The van der Waals surface area contributed by atoms with Gasteiger partial charge in [-0.2, -0.15) is 18.3 Å². The Balaban J connectivity index is 1.50. The number of H-pyrrole nitrogens is 1. The zero-order chi connectivity index (χ0) is 33.8. The Morgan fingerprint density at radius 2 is 1.80 bits per heavy atom. The Kier molecular flexibility index (Phi) is 10.8. The number of benzene rings is 2. The first-order valence-electron chi connectivity index (χ1n) is 14.7. The van der Waals surface area contributed by atoms with E-state index in [9.17, 15) is 32.3 Å². The van der Waals surface area contributed by atoms with Gasteiger partial charge in [-0.25, -0.2) is 5.10 Å². The highest BCUT2D eigenvalue weighted by Gasteiger charge is 2.42. The molecule has 4 atom stereocenters. The van der Waals surface area contributed by atoms with Gasteiger partial charge in [0.2, 0.25) is 11.8 Å². The number of aryl methyl sites for hydroxylation is 2. The van der Waals surface area contributed by atoms with Crippen molar-refractivity contribution in [3.05, 3.63) is 86.3 Å². The molecule has 14 heteroatoms. The molecule has 1 aliphatic heterocycles. The smallest absolute Gasteiger partial charge is 0.389 e. The van der Waals surface area contributed by atoms with Gasteiger partial charge in [0.1, 0.15) is 11.8 Å². The van der Waals surface area contributed by atoms with Crippen LogP contribution in [0.15, 0.2) is 53.3 Å². The molecule has 0 saturated carbocycles. The van der Waals surface area contributed by atoms with Crippen LogP contribution in [0.4, 0.5) is 13.2 Å². The zero-order valence-corrected chi connectivity index (χ0v) is 26.5. The fourth-order valence-electron chi connectivity index (χ4n) is 5.51. The topological polar surface area (TPSA) is 133 Å². The summed E-state index contributed by atoms with van der Waals surface area (Å²) in [6, 6.07) is 10.5. The molecule has 1 fully saturated rings. The molecule has 0 spiro atoms. The number of carbonyl (C=O) groups is 3. The quantitative estimate of drug-likeness (QED) is 0.262. The molecule has 0 radical (unpaired) electrons. The number of amides is 3. The van der Waals surface area contributed by atoms with Crippen LogP contribution in [0.25, 0.3) is 0 Å². The Bertz CT molecular complexity index is 1660. The summed E-state index contributed by atoms with van der Waals surface area (Å²) in [7, 11) is 0. The number of rotatable bonds is 10. The molecule has 3 aromatic rings. The van der Waals surface area contributed by atoms with Gasteiger partial charge < -0.3 is 20.3 Å². The third-order valence-electron chi connectivity index (χ3n) is 7.79. The molecule has 3 N–H and O–H groups in total. The van der Waals surface area contributed by atoms with E-state index in [2.05, 4.69) is 20.8 Å². The summed E-state index contributed by atoms with van der Waals surface area (Å²) < 4.78 is 43.7. The van der Waals surface area contributed by atoms with Crippen LogP contribution >= 0.6 is 11.6 Å². The van der Waals surface area contributed by atoms with Crippen molar-refractivity contribution in [2.45, 2.75) is 83.7 Å². The average molecular weight is 662 g/mol.